The minimum absolute atomic E-state index is 0.0344. The molecular formula is C28H33N3O2. The molecule has 1 aliphatic heterocycles. The number of nitrogens with zero attached hydrogens (tertiary/aromatic N) is 2. The molecule has 0 saturated carbocycles. The summed E-state index contributed by atoms with van der Waals surface area (Å²) in [4.78, 5) is 29.4. The molecule has 33 heavy (non-hydrogen) atoms. The van der Waals surface area contributed by atoms with E-state index >= 15 is 0 Å². The van der Waals surface area contributed by atoms with Gasteiger partial charge in [-0.15, -0.1) is 0 Å². The van der Waals surface area contributed by atoms with Crippen LogP contribution < -0.4 is 10.2 Å². The van der Waals surface area contributed by atoms with E-state index in [9.17, 15) is 9.59 Å². The van der Waals surface area contributed by atoms with Gasteiger partial charge in [0.1, 0.15) is 0 Å². The van der Waals surface area contributed by atoms with Crippen molar-refractivity contribution in [3.8, 4) is 0 Å². The fraction of sp³-hybridized carbons (Fsp3) is 0.357. The van der Waals surface area contributed by atoms with E-state index in [-0.39, 0.29) is 23.1 Å². The fourth-order valence-corrected chi connectivity index (χ4v) is 4.81. The molecule has 1 unspecified atom stereocenters. The van der Waals surface area contributed by atoms with Gasteiger partial charge in [0.2, 0.25) is 5.91 Å². The van der Waals surface area contributed by atoms with Crippen molar-refractivity contribution in [1.29, 1.82) is 0 Å². The topological polar surface area (TPSA) is 52.6 Å². The summed E-state index contributed by atoms with van der Waals surface area (Å²) >= 11 is 0. The van der Waals surface area contributed by atoms with Gasteiger partial charge in [-0.05, 0) is 54.7 Å². The van der Waals surface area contributed by atoms with Crippen molar-refractivity contribution in [2.45, 2.75) is 25.7 Å². The monoisotopic (exact) mass is 443 g/mol. The van der Waals surface area contributed by atoms with E-state index in [4.69, 9.17) is 0 Å². The highest BCUT2D eigenvalue weighted by molar-refractivity contribution is 5.99. The number of hydrogen-bond acceptors (Lipinski definition) is 3. The van der Waals surface area contributed by atoms with Crippen LogP contribution in [0, 0.1) is 5.92 Å². The Bertz CT molecular complexity index is 1150. The third-order valence-electron chi connectivity index (χ3n) is 6.44. The largest absolute Gasteiger partial charge is 0.352 e. The summed E-state index contributed by atoms with van der Waals surface area (Å²) in [5, 5.41) is 5.18. The van der Waals surface area contributed by atoms with Crippen molar-refractivity contribution in [2.75, 3.05) is 38.6 Å². The normalized spacial score (nSPS) is 16.6. The van der Waals surface area contributed by atoms with Crippen molar-refractivity contribution in [3.05, 3.63) is 77.9 Å². The lowest BCUT2D eigenvalue weighted by molar-refractivity contribution is -0.117. The van der Waals surface area contributed by atoms with Crippen LogP contribution in [-0.2, 0) is 10.2 Å². The molecular weight excluding hydrogens is 410 g/mol. The van der Waals surface area contributed by atoms with Gasteiger partial charge in [0.05, 0.1) is 0 Å². The highest BCUT2D eigenvalue weighted by Gasteiger charge is 2.31. The fourth-order valence-electron chi connectivity index (χ4n) is 4.81. The Morgan fingerprint density at radius 2 is 1.73 bits per heavy atom. The van der Waals surface area contributed by atoms with Crippen LogP contribution in [0.2, 0.25) is 0 Å². The van der Waals surface area contributed by atoms with E-state index in [1.54, 1.807) is 0 Å². The first-order chi connectivity index (χ1) is 15.7. The van der Waals surface area contributed by atoms with Crippen LogP contribution in [0.15, 0.2) is 66.7 Å². The van der Waals surface area contributed by atoms with Gasteiger partial charge in [-0.1, -0.05) is 56.3 Å². The molecule has 0 aliphatic carbocycles. The number of fused-ring (bicyclic) bond motifs is 1. The quantitative estimate of drug-likeness (QED) is 0.587. The number of carbonyl (C=O) groups excluding carboxylic acids is 2. The van der Waals surface area contributed by atoms with Gasteiger partial charge in [-0.2, -0.15) is 0 Å². The Morgan fingerprint density at radius 3 is 2.42 bits per heavy atom. The second-order valence-corrected chi connectivity index (χ2v) is 10.0. The molecule has 0 aromatic heterocycles. The molecule has 1 saturated heterocycles. The van der Waals surface area contributed by atoms with Crippen LogP contribution in [0.1, 0.15) is 36.2 Å². The van der Waals surface area contributed by atoms with E-state index in [1.165, 1.54) is 5.56 Å². The SMILES string of the molecule is CN(C)CC(C)(C)c1ccc(N2CC(CNC(=O)c3ccc4ccccc4c3)CC2=O)cc1. The molecule has 1 aliphatic rings. The van der Waals surface area contributed by atoms with Gasteiger partial charge in [0.15, 0.2) is 0 Å². The summed E-state index contributed by atoms with van der Waals surface area (Å²) in [6.45, 7) is 6.53. The van der Waals surface area contributed by atoms with Crippen molar-refractivity contribution >= 4 is 28.3 Å². The third kappa shape index (κ3) is 5.25. The number of benzene rings is 3. The van der Waals surface area contributed by atoms with Crippen LogP contribution in [0.3, 0.4) is 0 Å². The van der Waals surface area contributed by atoms with Gasteiger partial charge in [0, 0.05) is 48.6 Å². The van der Waals surface area contributed by atoms with Crippen molar-refractivity contribution in [3.63, 3.8) is 0 Å². The molecule has 2 amide bonds. The zero-order chi connectivity index (χ0) is 23.6. The van der Waals surface area contributed by atoms with Crippen LogP contribution in [0.4, 0.5) is 5.69 Å². The lowest BCUT2D eigenvalue weighted by atomic mass is 9.84. The first-order valence-corrected chi connectivity index (χ1v) is 11.6. The van der Waals surface area contributed by atoms with Gasteiger partial charge < -0.3 is 15.1 Å². The number of anilines is 1. The first kappa shape index (κ1) is 23.0. The smallest absolute Gasteiger partial charge is 0.251 e. The van der Waals surface area contributed by atoms with E-state index in [0.717, 1.165) is 23.0 Å². The third-order valence-corrected chi connectivity index (χ3v) is 6.44. The number of nitrogens with one attached hydrogen (secondary N) is 1. The molecule has 3 aromatic carbocycles. The Balaban J connectivity index is 1.36. The molecule has 3 aromatic rings. The van der Waals surface area contributed by atoms with Gasteiger partial charge in [-0.3, -0.25) is 9.59 Å². The number of hydrogen-bond donors (Lipinski definition) is 1. The van der Waals surface area contributed by atoms with Crippen molar-refractivity contribution in [1.82, 2.24) is 10.2 Å². The molecule has 1 fully saturated rings. The van der Waals surface area contributed by atoms with Crippen LogP contribution in [-0.4, -0.2) is 50.4 Å². The zero-order valence-electron chi connectivity index (χ0n) is 20.0. The Hall–Kier alpha value is -3.18. The van der Waals surface area contributed by atoms with Crippen molar-refractivity contribution in [2.24, 2.45) is 5.92 Å². The standard InChI is InChI=1S/C28H33N3O2/c1-28(2,19-30(3)4)24-11-13-25(14-12-24)31-18-20(15-26(31)32)17-29-27(33)23-10-9-21-7-5-6-8-22(21)16-23/h5-14,16,20H,15,17-19H2,1-4H3,(H,29,33). The molecule has 5 nitrogen and oxygen atoms in total. The molecule has 1 atom stereocenters. The summed E-state index contributed by atoms with van der Waals surface area (Å²) < 4.78 is 0. The maximum atomic E-state index is 12.7. The molecule has 0 radical (unpaired) electrons. The van der Waals surface area contributed by atoms with Gasteiger partial charge >= 0.3 is 0 Å². The number of rotatable bonds is 7. The summed E-state index contributed by atoms with van der Waals surface area (Å²) in [6, 6.07) is 22.1. The second-order valence-electron chi connectivity index (χ2n) is 10.0. The van der Waals surface area contributed by atoms with E-state index in [2.05, 4.69) is 50.3 Å². The molecule has 1 heterocycles. The molecule has 0 bridgehead atoms. The van der Waals surface area contributed by atoms with E-state index < -0.39 is 0 Å². The lowest BCUT2D eigenvalue weighted by Gasteiger charge is -2.29. The predicted molar refractivity (Wildman–Crippen MR) is 135 cm³/mol. The minimum Gasteiger partial charge on any atom is -0.352 e. The number of amides is 2. The lowest BCUT2D eigenvalue weighted by Crippen LogP contribution is -2.32. The molecule has 172 valence electrons. The summed E-state index contributed by atoms with van der Waals surface area (Å²) in [5.74, 6) is 0.117. The number of likely N-dealkylation sites (N-methyl/N-ethyl adjacent to an activating group) is 1. The maximum Gasteiger partial charge on any atom is 0.251 e. The Kier molecular flexibility index (Phi) is 6.52. The summed E-state index contributed by atoms with van der Waals surface area (Å²) in [7, 11) is 4.16. The first-order valence-electron chi connectivity index (χ1n) is 11.6. The van der Waals surface area contributed by atoms with Crippen LogP contribution in [0.5, 0.6) is 0 Å². The van der Waals surface area contributed by atoms with E-state index in [1.807, 2.05) is 59.5 Å². The molecule has 0 spiro atoms. The molecule has 5 heteroatoms. The van der Waals surface area contributed by atoms with Crippen LogP contribution in [0.25, 0.3) is 10.8 Å². The molecule has 1 N–H and O–H groups in total. The Morgan fingerprint density at radius 1 is 1.03 bits per heavy atom. The zero-order valence-corrected chi connectivity index (χ0v) is 20.0. The number of carbonyl (C=O) groups is 2. The van der Waals surface area contributed by atoms with Gasteiger partial charge in [-0.25, -0.2) is 0 Å². The highest BCUT2D eigenvalue weighted by atomic mass is 16.2. The average molecular weight is 444 g/mol. The highest BCUT2D eigenvalue weighted by Crippen LogP contribution is 2.29. The van der Waals surface area contributed by atoms with E-state index in [0.29, 0.717) is 25.1 Å². The van der Waals surface area contributed by atoms with Gasteiger partial charge in [0.25, 0.3) is 5.91 Å². The summed E-state index contributed by atoms with van der Waals surface area (Å²) in [5.41, 5.74) is 2.86. The minimum atomic E-state index is -0.0980. The molecule has 4 rings (SSSR count). The Labute approximate surface area is 196 Å². The van der Waals surface area contributed by atoms with Crippen molar-refractivity contribution < 1.29 is 9.59 Å². The average Bonchev–Trinajstić information content (AvgIpc) is 3.17. The maximum absolute atomic E-state index is 12.7. The van der Waals surface area contributed by atoms with Crippen LogP contribution >= 0.6 is 0 Å². The summed E-state index contributed by atoms with van der Waals surface area (Å²) in [6.07, 6.45) is 0.450. The predicted octanol–water partition coefficient (Wildman–Crippen LogP) is 4.46. The second kappa shape index (κ2) is 9.36.